The maximum absolute atomic E-state index is 11.1. The fourth-order valence-corrected chi connectivity index (χ4v) is 2.97. The van der Waals surface area contributed by atoms with Crippen LogP contribution in [0.25, 0.3) is 21.3 Å². The van der Waals surface area contributed by atoms with Gasteiger partial charge in [0.1, 0.15) is 5.75 Å². The van der Waals surface area contributed by atoms with E-state index in [1.54, 1.807) is 24.5 Å². The fraction of sp³-hybridized carbons (Fsp3) is 0.143. The molecule has 0 unspecified atom stereocenters. The van der Waals surface area contributed by atoms with Gasteiger partial charge >= 0.3 is 5.97 Å². The highest BCUT2D eigenvalue weighted by Gasteiger charge is 2.08. The SMILES string of the molecule is COC(=O)/C=C/c1cn2c(n1)sc1cc(OC)ccc12. The van der Waals surface area contributed by atoms with Gasteiger partial charge < -0.3 is 9.47 Å². The van der Waals surface area contributed by atoms with Crippen molar-refractivity contribution in [3.8, 4) is 5.75 Å². The van der Waals surface area contributed by atoms with Gasteiger partial charge in [0, 0.05) is 12.3 Å². The highest BCUT2D eigenvalue weighted by atomic mass is 32.1. The Morgan fingerprint density at radius 3 is 3.00 bits per heavy atom. The lowest BCUT2D eigenvalue weighted by molar-refractivity contribution is -0.134. The number of fused-ring (bicyclic) bond motifs is 3. The molecule has 0 fully saturated rings. The highest BCUT2D eigenvalue weighted by Crippen LogP contribution is 2.29. The first-order valence-electron chi connectivity index (χ1n) is 5.93. The molecule has 0 amide bonds. The average molecular weight is 288 g/mol. The summed E-state index contributed by atoms with van der Waals surface area (Å²) in [6.45, 7) is 0. The largest absolute Gasteiger partial charge is 0.497 e. The molecule has 0 saturated heterocycles. The van der Waals surface area contributed by atoms with E-state index < -0.39 is 5.97 Å². The fourth-order valence-electron chi connectivity index (χ4n) is 1.93. The monoisotopic (exact) mass is 288 g/mol. The summed E-state index contributed by atoms with van der Waals surface area (Å²) in [5, 5.41) is 0. The molecule has 3 aromatic rings. The smallest absolute Gasteiger partial charge is 0.330 e. The molecule has 0 radical (unpaired) electrons. The van der Waals surface area contributed by atoms with Crippen molar-refractivity contribution in [2.24, 2.45) is 0 Å². The summed E-state index contributed by atoms with van der Waals surface area (Å²) < 4.78 is 12.9. The summed E-state index contributed by atoms with van der Waals surface area (Å²) in [6, 6.07) is 5.89. The second-order valence-electron chi connectivity index (χ2n) is 4.11. The predicted octanol–water partition coefficient (Wildman–Crippen LogP) is 2.74. The number of hydrogen-bond acceptors (Lipinski definition) is 5. The lowest BCUT2D eigenvalue weighted by Gasteiger charge is -1.98. The van der Waals surface area contributed by atoms with Crippen LogP contribution >= 0.6 is 11.3 Å². The van der Waals surface area contributed by atoms with E-state index in [0.717, 1.165) is 26.6 Å². The van der Waals surface area contributed by atoms with Crippen LogP contribution < -0.4 is 4.74 Å². The van der Waals surface area contributed by atoms with Gasteiger partial charge in [0.15, 0.2) is 4.96 Å². The van der Waals surface area contributed by atoms with Crippen molar-refractivity contribution in [2.75, 3.05) is 14.2 Å². The summed E-state index contributed by atoms with van der Waals surface area (Å²) in [6.07, 6.45) is 4.89. The second-order valence-corrected chi connectivity index (χ2v) is 5.12. The Morgan fingerprint density at radius 1 is 1.40 bits per heavy atom. The van der Waals surface area contributed by atoms with Crippen molar-refractivity contribution in [1.29, 1.82) is 0 Å². The third-order valence-electron chi connectivity index (χ3n) is 2.91. The lowest BCUT2D eigenvalue weighted by Crippen LogP contribution is -1.93. The standard InChI is InChI=1S/C14H12N2O3S/c1-18-10-4-5-11-12(7-10)20-14-15-9(8-16(11)14)3-6-13(17)19-2/h3-8H,1-2H3/b6-3+. The normalized spacial score (nSPS) is 11.5. The van der Waals surface area contributed by atoms with Crippen LogP contribution in [0, 0.1) is 0 Å². The number of rotatable bonds is 3. The first-order chi connectivity index (χ1) is 9.71. The molecular formula is C14H12N2O3S. The zero-order chi connectivity index (χ0) is 14.1. The number of nitrogens with zero attached hydrogens (tertiary/aromatic N) is 2. The topological polar surface area (TPSA) is 52.8 Å². The van der Waals surface area contributed by atoms with Crippen molar-refractivity contribution < 1.29 is 14.3 Å². The summed E-state index contributed by atoms with van der Waals surface area (Å²) >= 11 is 1.57. The Balaban J connectivity index is 2.04. The van der Waals surface area contributed by atoms with Crippen molar-refractivity contribution in [3.63, 3.8) is 0 Å². The number of carbonyl (C=O) groups is 1. The molecule has 1 aromatic carbocycles. The zero-order valence-corrected chi connectivity index (χ0v) is 11.8. The molecule has 0 spiro atoms. The summed E-state index contributed by atoms with van der Waals surface area (Å²) in [5.41, 5.74) is 1.79. The van der Waals surface area contributed by atoms with Crippen LogP contribution in [0.1, 0.15) is 5.69 Å². The Kier molecular flexibility index (Phi) is 3.15. The van der Waals surface area contributed by atoms with Gasteiger partial charge in [-0.05, 0) is 24.3 Å². The minimum atomic E-state index is -0.393. The van der Waals surface area contributed by atoms with Crippen LogP contribution in [0.3, 0.4) is 0 Å². The molecule has 102 valence electrons. The third-order valence-corrected chi connectivity index (χ3v) is 3.93. The van der Waals surface area contributed by atoms with Gasteiger partial charge in [-0.15, -0.1) is 0 Å². The molecule has 0 aliphatic carbocycles. The van der Waals surface area contributed by atoms with Gasteiger partial charge in [0.25, 0.3) is 0 Å². The number of aromatic nitrogens is 2. The van der Waals surface area contributed by atoms with E-state index in [-0.39, 0.29) is 0 Å². The van der Waals surface area contributed by atoms with Crippen LogP contribution in [-0.4, -0.2) is 29.6 Å². The number of thiazole rings is 1. The van der Waals surface area contributed by atoms with E-state index in [0.29, 0.717) is 0 Å². The highest BCUT2D eigenvalue weighted by molar-refractivity contribution is 7.23. The van der Waals surface area contributed by atoms with E-state index in [2.05, 4.69) is 9.72 Å². The van der Waals surface area contributed by atoms with E-state index in [1.165, 1.54) is 13.2 Å². The van der Waals surface area contributed by atoms with Gasteiger partial charge in [-0.1, -0.05) is 11.3 Å². The predicted molar refractivity (Wildman–Crippen MR) is 78.2 cm³/mol. The Morgan fingerprint density at radius 2 is 2.25 bits per heavy atom. The van der Waals surface area contributed by atoms with E-state index in [4.69, 9.17) is 4.74 Å². The van der Waals surface area contributed by atoms with Crippen LogP contribution in [0.15, 0.2) is 30.5 Å². The van der Waals surface area contributed by atoms with Crippen molar-refractivity contribution in [2.45, 2.75) is 0 Å². The number of methoxy groups -OCH3 is 2. The Bertz CT molecular complexity index is 816. The molecule has 0 saturated carbocycles. The number of benzene rings is 1. The maximum Gasteiger partial charge on any atom is 0.330 e. The molecule has 0 N–H and O–H groups in total. The Hall–Kier alpha value is -2.34. The molecule has 20 heavy (non-hydrogen) atoms. The number of esters is 1. The summed E-state index contributed by atoms with van der Waals surface area (Å²) in [4.78, 5) is 16.4. The molecule has 2 heterocycles. The van der Waals surface area contributed by atoms with E-state index in [1.807, 2.05) is 28.8 Å². The lowest BCUT2D eigenvalue weighted by atomic mass is 10.3. The number of hydrogen-bond donors (Lipinski definition) is 0. The van der Waals surface area contributed by atoms with Gasteiger partial charge in [0.05, 0.1) is 30.1 Å². The molecule has 6 heteroatoms. The molecule has 0 bridgehead atoms. The summed E-state index contributed by atoms with van der Waals surface area (Å²) in [7, 11) is 2.99. The molecule has 0 aliphatic rings. The van der Waals surface area contributed by atoms with Gasteiger partial charge in [-0.3, -0.25) is 4.40 Å². The van der Waals surface area contributed by atoms with Crippen molar-refractivity contribution in [1.82, 2.24) is 9.38 Å². The maximum atomic E-state index is 11.1. The zero-order valence-electron chi connectivity index (χ0n) is 11.0. The number of imidazole rings is 1. The average Bonchev–Trinajstić information content (AvgIpc) is 3.00. The molecule has 5 nitrogen and oxygen atoms in total. The molecule has 0 atom stereocenters. The van der Waals surface area contributed by atoms with Crippen molar-refractivity contribution in [3.05, 3.63) is 36.2 Å². The number of ether oxygens (including phenoxy) is 2. The minimum absolute atomic E-state index is 0.393. The van der Waals surface area contributed by atoms with Gasteiger partial charge in [0.2, 0.25) is 0 Å². The summed E-state index contributed by atoms with van der Waals surface area (Å²) in [5.74, 6) is 0.434. The van der Waals surface area contributed by atoms with Crippen LogP contribution in [0.2, 0.25) is 0 Å². The van der Waals surface area contributed by atoms with E-state index >= 15 is 0 Å². The Labute approximate surface area is 119 Å². The minimum Gasteiger partial charge on any atom is -0.497 e. The van der Waals surface area contributed by atoms with Gasteiger partial charge in [-0.25, -0.2) is 9.78 Å². The molecule has 0 aliphatic heterocycles. The first-order valence-corrected chi connectivity index (χ1v) is 6.74. The van der Waals surface area contributed by atoms with Crippen LogP contribution in [0.5, 0.6) is 5.75 Å². The van der Waals surface area contributed by atoms with Crippen molar-refractivity contribution >= 4 is 38.6 Å². The molecule has 3 rings (SSSR count). The third kappa shape index (κ3) is 2.14. The van der Waals surface area contributed by atoms with Crippen LogP contribution in [-0.2, 0) is 9.53 Å². The quantitative estimate of drug-likeness (QED) is 0.549. The molecular weight excluding hydrogens is 276 g/mol. The first kappa shape index (κ1) is 12.7. The van der Waals surface area contributed by atoms with Gasteiger partial charge in [-0.2, -0.15) is 0 Å². The number of carbonyl (C=O) groups excluding carboxylic acids is 1. The van der Waals surface area contributed by atoms with Crippen LogP contribution in [0.4, 0.5) is 0 Å². The second kappa shape index (κ2) is 4.97. The van der Waals surface area contributed by atoms with E-state index in [9.17, 15) is 4.79 Å². The molecule has 2 aromatic heterocycles.